The molecule has 0 unspecified atom stereocenters. The van der Waals surface area contributed by atoms with Crippen molar-refractivity contribution in [2.24, 2.45) is 0 Å². The zero-order chi connectivity index (χ0) is 21.4. The third kappa shape index (κ3) is 5.24. The van der Waals surface area contributed by atoms with E-state index in [0.717, 1.165) is 0 Å². The first-order valence-corrected chi connectivity index (χ1v) is 8.88. The molecule has 3 N–H and O–H groups in total. The highest BCUT2D eigenvalue weighted by Gasteiger charge is 2.24. The Morgan fingerprint density at radius 2 is 1.86 bits per heavy atom. The summed E-state index contributed by atoms with van der Waals surface area (Å²) in [5, 5.41) is 5.26. The molecule has 0 saturated carbocycles. The third-order valence-corrected chi connectivity index (χ3v) is 4.16. The standard InChI is InChI=1S/C21H23N3O5/c1-5-10-22-19(25)15-8-6-7-9-16(15)24-20(26)18-13(2)17(14(3)23-18)21(27)29-12-11-28-4/h1,6-9,23H,10-12H2,2-4H3,(H,22,25)(H,24,26). The van der Waals surface area contributed by atoms with E-state index in [2.05, 4.69) is 21.5 Å². The molecule has 29 heavy (non-hydrogen) atoms. The largest absolute Gasteiger partial charge is 0.460 e. The number of aromatic nitrogens is 1. The normalized spacial score (nSPS) is 10.1. The number of nitrogens with one attached hydrogen (secondary N) is 3. The van der Waals surface area contributed by atoms with Gasteiger partial charge in [0.25, 0.3) is 11.8 Å². The van der Waals surface area contributed by atoms with Crippen LogP contribution in [-0.2, 0) is 9.47 Å². The highest BCUT2D eigenvalue weighted by atomic mass is 16.6. The first-order valence-electron chi connectivity index (χ1n) is 8.88. The number of ether oxygens (including phenoxy) is 2. The van der Waals surface area contributed by atoms with E-state index in [1.165, 1.54) is 7.11 Å². The van der Waals surface area contributed by atoms with Crippen LogP contribution >= 0.6 is 0 Å². The molecular weight excluding hydrogens is 374 g/mol. The van der Waals surface area contributed by atoms with Crippen LogP contribution in [0.2, 0.25) is 0 Å². The molecule has 0 saturated heterocycles. The fourth-order valence-electron chi connectivity index (χ4n) is 2.77. The Bertz CT molecular complexity index is 956. The quantitative estimate of drug-likeness (QED) is 0.359. The Balaban J connectivity index is 2.23. The van der Waals surface area contributed by atoms with Gasteiger partial charge in [-0.2, -0.15) is 0 Å². The van der Waals surface area contributed by atoms with E-state index in [4.69, 9.17) is 15.9 Å². The fourth-order valence-corrected chi connectivity index (χ4v) is 2.77. The average Bonchev–Trinajstić information content (AvgIpc) is 3.00. The number of rotatable bonds is 8. The first kappa shape index (κ1) is 21.7. The minimum atomic E-state index is -0.540. The number of aromatic amines is 1. The highest BCUT2D eigenvalue weighted by Crippen LogP contribution is 2.22. The number of para-hydroxylation sites is 1. The van der Waals surface area contributed by atoms with Crippen LogP contribution in [0.1, 0.15) is 42.5 Å². The number of methoxy groups -OCH3 is 1. The van der Waals surface area contributed by atoms with Crippen LogP contribution in [0.5, 0.6) is 0 Å². The van der Waals surface area contributed by atoms with Crippen LogP contribution in [0.15, 0.2) is 24.3 Å². The smallest absolute Gasteiger partial charge is 0.340 e. The zero-order valence-electron chi connectivity index (χ0n) is 16.5. The van der Waals surface area contributed by atoms with Crippen molar-refractivity contribution in [1.82, 2.24) is 10.3 Å². The molecule has 8 nitrogen and oxygen atoms in total. The predicted molar refractivity (Wildman–Crippen MR) is 108 cm³/mol. The predicted octanol–water partition coefficient (Wildman–Crippen LogP) is 2.05. The molecule has 2 amide bonds. The van der Waals surface area contributed by atoms with Crippen molar-refractivity contribution < 1.29 is 23.9 Å². The summed E-state index contributed by atoms with van der Waals surface area (Å²) < 4.78 is 10.0. The van der Waals surface area contributed by atoms with Crippen LogP contribution in [0.4, 0.5) is 5.69 Å². The summed E-state index contributed by atoms with van der Waals surface area (Å²) in [6.07, 6.45) is 5.16. The monoisotopic (exact) mass is 397 g/mol. The zero-order valence-corrected chi connectivity index (χ0v) is 16.5. The second-order valence-corrected chi connectivity index (χ2v) is 6.14. The summed E-state index contributed by atoms with van der Waals surface area (Å²) in [6, 6.07) is 6.55. The number of aryl methyl sites for hydroxylation is 1. The van der Waals surface area contributed by atoms with Crippen molar-refractivity contribution in [3.63, 3.8) is 0 Å². The Morgan fingerprint density at radius 3 is 2.55 bits per heavy atom. The Kier molecular flexibility index (Phi) is 7.57. The van der Waals surface area contributed by atoms with Gasteiger partial charge in [0.05, 0.1) is 30.0 Å². The summed E-state index contributed by atoms with van der Waals surface area (Å²) in [4.78, 5) is 40.3. The maximum Gasteiger partial charge on any atom is 0.340 e. The molecule has 0 radical (unpaired) electrons. The van der Waals surface area contributed by atoms with Gasteiger partial charge < -0.3 is 25.1 Å². The lowest BCUT2D eigenvalue weighted by Gasteiger charge is -2.10. The molecule has 0 aliphatic rings. The number of carbonyl (C=O) groups is 3. The van der Waals surface area contributed by atoms with E-state index in [-0.39, 0.29) is 31.0 Å². The van der Waals surface area contributed by atoms with Gasteiger partial charge in [-0.3, -0.25) is 9.59 Å². The number of benzene rings is 1. The van der Waals surface area contributed by atoms with Crippen LogP contribution in [-0.4, -0.2) is 49.6 Å². The van der Waals surface area contributed by atoms with Crippen molar-refractivity contribution in [3.8, 4) is 12.3 Å². The molecule has 0 fully saturated rings. The maximum atomic E-state index is 12.8. The maximum absolute atomic E-state index is 12.8. The summed E-state index contributed by atoms with van der Waals surface area (Å²) in [5.74, 6) is 0.894. The minimum Gasteiger partial charge on any atom is -0.460 e. The van der Waals surface area contributed by atoms with Gasteiger partial charge in [0, 0.05) is 12.8 Å². The second kappa shape index (κ2) is 10.1. The van der Waals surface area contributed by atoms with Gasteiger partial charge in [-0.25, -0.2) is 4.79 Å². The van der Waals surface area contributed by atoms with Gasteiger partial charge in [-0.15, -0.1) is 6.42 Å². The fraction of sp³-hybridized carbons (Fsp3) is 0.286. The molecule has 0 bridgehead atoms. The Morgan fingerprint density at radius 1 is 1.14 bits per heavy atom. The highest BCUT2D eigenvalue weighted by molar-refractivity contribution is 6.10. The van der Waals surface area contributed by atoms with Gasteiger partial charge in [-0.1, -0.05) is 18.1 Å². The van der Waals surface area contributed by atoms with Gasteiger partial charge >= 0.3 is 5.97 Å². The number of hydrogen-bond acceptors (Lipinski definition) is 5. The van der Waals surface area contributed by atoms with Crippen molar-refractivity contribution in [2.45, 2.75) is 13.8 Å². The molecule has 8 heteroatoms. The second-order valence-electron chi connectivity index (χ2n) is 6.14. The van der Waals surface area contributed by atoms with E-state index in [1.807, 2.05) is 0 Å². The lowest BCUT2D eigenvalue weighted by Crippen LogP contribution is -2.25. The molecule has 2 aromatic rings. The SMILES string of the molecule is C#CCNC(=O)c1ccccc1NC(=O)c1[nH]c(C)c(C(=O)OCCOC)c1C. The number of terminal acetylenes is 1. The number of esters is 1. The van der Waals surface area contributed by atoms with E-state index in [0.29, 0.717) is 22.5 Å². The van der Waals surface area contributed by atoms with Crippen LogP contribution < -0.4 is 10.6 Å². The first-order chi connectivity index (χ1) is 13.9. The van der Waals surface area contributed by atoms with Crippen LogP contribution in [0, 0.1) is 26.2 Å². The average molecular weight is 397 g/mol. The van der Waals surface area contributed by atoms with Crippen molar-refractivity contribution in [3.05, 3.63) is 52.3 Å². The van der Waals surface area contributed by atoms with Crippen molar-refractivity contribution in [2.75, 3.05) is 32.2 Å². The molecule has 1 heterocycles. The van der Waals surface area contributed by atoms with Crippen molar-refractivity contribution in [1.29, 1.82) is 0 Å². The minimum absolute atomic E-state index is 0.0740. The Hall–Kier alpha value is -3.57. The number of hydrogen-bond donors (Lipinski definition) is 3. The number of anilines is 1. The molecule has 152 valence electrons. The lowest BCUT2D eigenvalue weighted by atomic mass is 10.1. The molecule has 0 atom stereocenters. The summed E-state index contributed by atoms with van der Waals surface area (Å²) in [7, 11) is 1.51. The molecule has 0 spiro atoms. The Labute approximate surface area is 169 Å². The molecule has 0 aliphatic heterocycles. The van der Waals surface area contributed by atoms with Gasteiger partial charge in [0.1, 0.15) is 12.3 Å². The van der Waals surface area contributed by atoms with Gasteiger partial charge in [0.15, 0.2) is 0 Å². The summed E-state index contributed by atoms with van der Waals surface area (Å²) >= 11 is 0. The number of carbonyl (C=O) groups excluding carboxylic acids is 3. The molecule has 1 aromatic carbocycles. The molecular formula is C21H23N3O5. The van der Waals surface area contributed by atoms with Gasteiger partial charge in [0.2, 0.25) is 0 Å². The third-order valence-electron chi connectivity index (χ3n) is 4.16. The van der Waals surface area contributed by atoms with E-state index >= 15 is 0 Å². The van der Waals surface area contributed by atoms with E-state index in [1.54, 1.807) is 38.1 Å². The van der Waals surface area contributed by atoms with Crippen LogP contribution in [0.25, 0.3) is 0 Å². The van der Waals surface area contributed by atoms with Crippen molar-refractivity contribution >= 4 is 23.5 Å². The summed E-state index contributed by atoms with van der Waals surface area (Å²) in [5.41, 5.74) is 2.07. The van der Waals surface area contributed by atoms with E-state index in [9.17, 15) is 14.4 Å². The molecule has 2 rings (SSSR count). The summed E-state index contributed by atoms with van der Waals surface area (Å²) in [6.45, 7) is 3.79. The lowest BCUT2D eigenvalue weighted by molar-refractivity contribution is 0.0386. The number of amides is 2. The number of H-pyrrole nitrogens is 1. The van der Waals surface area contributed by atoms with Gasteiger partial charge in [-0.05, 0) is 31.5 Å². The topological polar surface area (TPSA) is 110 Å². The molecule has 1 aromatic heterocycles. The van der Waals surface area contributed by atoms with Crippen LogP contribution in [0.3, 0.4) is 0 Å². The molecule has 0 aliphatic carbocycles. The van der Waals surface area contributed by atoms with E-state index < -0.39 is 17.8 Å².